The van der Waals surface area contributed by atoms with E-state index in [1.807, 2.05) is 12.4 Å². The van der Waals surface area contributed by atoms with Crippen LogP contribution in [0, 0.1) is 11.7 Å². The molecular formula is C23H29FN8O2. The maximum Gasteiger partial charge on any atom is 0.223 e. The van der Waals surface area contributed by atoms with E-state index in [1.54, 1.807) is 18.5 Å². The highest BCUT2D eigenvalue weighted by molar-refractivity contribution is 5.93. The van der Waals surface area contributed by atoms with E-state index in [0.29, 0.717) is 41.4 Å². The molecule has 4 aromatic rings. The maximum atomic E-state index is 14.4. The molecule has 34 heavy (non-hydrogen) atoms. The monoisotopic (exact) mass is 468 g/mol. The summed E-state index contributed by atoms with van der Waals surface area (Å²) in [7, 11) is 1.41. The Balaban J connectivity index is 1.49. The van der Waals surface area contributed by atoms with Crippen molar-refractivity contribution in [2.24, 2.45) is 5.92 Å². The van der Waals surface area contributed by atoms with Gasteiger partial charge in [0, 0.05) is 36.7 Å². The molecule has 1 saturated heterocycles. The number of ether oxygens (including phenoxy) is 1. The number of aliphatic hydroxyl groups is 1. The van der Waals surface area contributed by atoms with Crippen LogP contribution in [0.1, 0.15) is 38.9 Å². The predicted molar refractivity (Wildman–Crippen MR) is 126 cm³/mol. The molecule has 0 saturated carbocycles. The number of anilines is 2. The Morgan fingerprint density at radius 1 is 1.29 bits per heavy atom. The van der Waals surface area contributed by atoms with Crippen LogP contribution >= 0.6 is 0 Å². The van der Waals surface area contributed by atoms with Gasteiger partial charge in [-0.25, -0.2) is 14.4 Å². The van der Waals surface area contributed by atoms with E-state index in [4.69, 9.17) is 15.5 Å². The maximum absolute atomic E-state index is 14.4. The standard InChI is InChI=1S/C23H29FN8O2/c1-13-5-6-30(14-9-26-31(10-14)12-23(2,3)33)11-16(13)20-28-21-15-7-17(24)19(34-4)8-18(15)27-22(25)32(21)29-20/h7-10,13,16,33H,5-6,11-12H2,1-4H3,(H2,25,27)/t13-,16-/m0/s1. The fourth-order valence-electron chi connectivity index (χ4n) is 4.60. The molecule has 0 bridgehead atoms. The average molecular weight is 469 g/mol. The van der Waals surface area contributed by atoms with E-state index in [0.717, 1.165) is 18.7 Å². The zero-order valence-electron chi connectivity index (χ0n) is 19.7. The predicted octanol–water partition coefficient (Wildman–Crippen LogP) is 2.60. The lowest BCUT2D eigenvalue weighted by Gasteiger charge is -2.36. The number of halogens is 1. The molecule has 1 aliphatic rings. The number of methoxy groups -OCH3 is 1. The summed E-state index contributed by atoms with van der Waals surface area (Å²) in [5.74, 6) is 0.834. The molecule has 1 fully saturated rings. The van der Waals surface area contributed by atoms with Gasteiger partial charge in [-0.2, -0.15) is 9.61 Å². The number of hydrogen-bond donors (Lipinski definition) is 2. The molecule has 0 radical (unpaired) electrons. The minimum Gasteiger partial charge on any atom is -0.494 e. The first-order valence-electron chi connectivity index (χ1n) is 11.3. The van der Waals surface area contributed by atoms with E-state index in [-0.39, 0.29) is 17.6 Å². The molecule has 0 spiro atoms. The normalized spacial score (nSPS) is 19.3. The third-order valence-electron chi connectivity index (χ3n) is 6.41. The van der Waals surface area contributed by atoms with Gasteiger partial charge in [-0.15, -0.1) is 5.10 Å². The van der Waals surface area contributed by atoms with Crippen LogP contribution in [0.2, 0.25) is 0 Å². The first-order valence-corrected chi connectivity index (χ1v) is 11.3. The Kier molecular flexibility index (Phi) is 5.31. The molecule has 0 amide bonds. The van der Waals surface area contributed by atoms with Crippen LogP contribution < -0.4 is 15.4 Å². The Morgan fingerprint density at radius 3 is 2.82 bits per heavy atom. The van der Waals surface area contributed by atoms with E-state index < -0.39 is 11.4 Å². The van der Waals surface area contributed by atoms with E-state index in [1.165, 1.54) is 23.8 Å². The second-order valence-corrected chi connectivity index (χ2v) is 9.71. The van der Waals surface area contributed by atoms with Gasteiger partial charge in [0.2, 0.25) is 5.95 Å². The number of aromatic nitrogens is 6. The largest absolute Gasteiger partial charge is 0.494 e. The number of nitrogen functional groups attached to an aromatic ring is 1. The molecule has 1 aromatic carbocycles. The van der Waals surface area contributed by atoms with Crippen molar-refractivity contribution < 1.29 is 14.2 Å². The molecular weight excluding hydrogens is 439 g/mol. The van der Waals surface area contributed by atoms with Gasteiger partial charge in [-0.1, -0.05) is 6.92 Å². The lowest BCUT2D eigenvalue weighted by atomic mass is 9.86. The summed E-state index contributed by atoms with van der Waals surface area (Å²) in [5, 5.41) is 19.7. The van der Waals surface area contributed by atoms with Crippen LogP contribution in [0.15, 0.2) is 24.5 Å². The number of hydrogen-bond acceptors (Lipinski definition) is 8. The summed E-state index contributed by atoms with van der Waals surface area (Å²) in [4.78, 5) is 11.4. The fraction of sp³-hybridized carbons (Fsp3) is 0.478. The summed E-state index contributed by atoms with van der Waals surface area (Å²) in [6.07, 6.45) is 4.73. The van der Waals surface area contributed by atoms with Gasteiger partial charge in [0.1, 0.15) is 0 Å². The highest BCUT2D eigenvalue weighted by Crippen LogP contribution is 2.34. The first kappa shape index (κ1) is 22.3. The van der Waals surface area contributed by atoms with E-state index in [2.05, 4.69) is 27.0 Å². The smallest absolute Gasteiger partial charge is 0.223 e. The molecule has 180 valence electrons. The molecule has 0 aliphatic carbocycles. The van der Waals surface area contributed by atoms with Crippen molar-refractivity contribution in [3.63, 3.8) is 0 Å². The van der Waals surface area contributed by atoms with Crippen LogP contribution in [-0.2, 0) is 6.54 Å². The SMILES string of the molecule is COc1cc2nc(N)n3nc([C@H]4CN(c5cnn(CC(C)(C)O)c5)CC[C@@H]4C)nc3c2cc1F. The molecule has 3 aromatic heterocycles. The number of nitrogens with two attached hydrogens (primary N) is 1. The van der Waals surface area contributed by atoms with Crippen LogP contribution in [0.3, 0.4) is 0 Å². The lowest BCUT2D eigenvalue weighted by Crippen LogP contribution is -2.38. The fourth-order valence-corrected chi connectivity index (χ4v) is 4.60. The number of piperidine rings is 1. The lowest BCUT2D eigenvalue weighted by molar-refractivity contribution is 0.0577. The second-order valence-electron chi connectivity index (χ2n) is 9.71. The minimum absolute atomic E-state index is 0.0452. The van der Waals surface area contributed by atoms with Gasteiger partial charge in [0.25, 0.3) is 0 Å². The molecule has 0 unspecified atom stereocenters. The topological polar surface area (TPSA) is 120 Å². The summed E-state index contributed by atoms with van der Waals surface area (Å²) in [6, 6.07) is 2.88. The molecule has 11 heteroatoms. The van der Waals surface area contributed by atoms with Crippen LogP contribution in [0.5, 0.6) is 5.75 Å². The molecule has 1 aliphatic heterocycles. The van der Waals surface area contributed by atoms with Crippen molar-refractivity contribution in [1.29, 1.82) is 0 Å². The van der Waals surface area contributed by atoms with E-state index >= 15 is 0 Å². The number of fused-ring (bicyclic) bond motifs is 3. The second kappa shape index (κ2) is 8.08. The third-order valence-corrected chi connectivity index (χ3v) is 6.41. The number of benzene rings is 1. The first-order chi connectivity index (χ1) is 16.1. The Labute approximate surface area is 196 Å². The molecule has 2 atom stereocenters. The highest BCUT2D eigenvalue weighted by Gasteiger charge is 2.32. The van der Waals surface area contributed by atoms with Gasteiger partial charge in [0.15, 0.2) is 23.0 Å². The summed E-state index contributed by atoms with van der Waals surface area (Å²) in [6.45, 7) is 7.71. The van der Waals surface area contributed by atoms with Gasteiger partial charge < -0.3 is 20.5 Å². The Bertz CT molecular complexity index is 1360. The van der Waals surface area contributed by atoms with Crippen LogP contribution in [-0.4, -0.2) is 60.3 Å². The van der Waals surface area contributed by atoms with Crippen molar-refractivity contribution >= 4 is 28.2 Å². The molecule has 4 heterocycles. The summed E-state index contributed by atoms with van der Waals surface area (Å²) in [5.41, 5.74) is 7.29. The van der Waals surface area contributed by atoms with Gasteiger partial charge in [-0.3, -0.25) is 4.68 Å². The Morgan fingerprint density at radius 2 is 2.09 bits per heavy atom. The summed E-state index contributed by atoms with van der Waals surface area (Å²) >= 11 is 0. The van der Waals surface area contributed by atoms with Crippen molar-refractivity contribution in [2.45, 2.75) is 45.3 Å². The molecule has 3 N–H and O–H groups in total. The minimum atomic E-state index is -0.844. The van der Waals surface area contributed by atoms with Crippen molar-refractivity contribution in [3.8, 4) is 5.75 Å². The van der Waals surface area contributed by atoms with Gasteiger partial charge in [0.05, 0.1) is 36.7 Å². The third kappa shape index (κ3) is 4.00. The quantitative estimate of drug-likeness (QED) is 0.459. The number of rotatable bonds is 5. The highest BCUT2D eigenvalue weighted by atomic mass is 19.1. The average Bonchev–Trinajstić information content (AvgIpc) is 3.41. The molecule has 5 rings (SSSR count). The zero-order chi connectivity index (χ0) is 24.2. The zero-order valence-corrected chi connectivity index (χ0v) is 19.7. The molecule has 10 nitrogen and oxygen atoms in total. The summed E-state index contributed by atoms with van der Waals surface area (Å²) < 4.78 is 22.8. The van der Waals surface area contributed by atoms with E-state index in [9.17, 15) is 9.50 Å². The van der Waals surface area contributed by atoms with Crippen molar-refractivity contribution in [2.75, 3.05) is 30.8 Å². The number of nitrogens with zero attached hydrogens (tertiary/aromatic N) is 7. The van der Waals surface area contributed by atoms with Crippen molar-refractivity contribution in [1.82, 2.24) is 29.4 Å². The Hall–Kier alpha value is -3.47. The van der Waals surface area contributed by atoms with Crippen LogP contribution in [0.25, 0.3) is 16.6 Å². The van der Waals surface area contributed by atoms with Gasteiger partial charge >= 0.3 is 0 Å². The van der Waals surface area contributed by atoms with Crippen molar-refractivity contribution in [3.05, 3.63) is 36.2 Å². The van der Waals surface area contributed by atoms with Gasteiger partial charge in [-0.05, 0) is 32.3 Å². The van der Waals surface area contributed by atoms with Crippen LogP contribution in [0.4, 0.5) is 16.0 Å².